The lowest BCUT2D eigenvalue weighted by molar-refractivity contribution is -0.387. The second kappa shape index (κ2) is 13.1. The SMILES string of the molecule is COc1c2c(c3cc(C(=O)OCc4ccccc4)n(C(=O)OCc4ccccc4)c3c1OC)CCN2S(=O)(=O)c1ccccc1[N+](=O)[O-]. The van der Waals surface area contributed by atoms with E-state index in [1.54, 1.807) is 48.5 Å². The number of rotatable bonds is 10. The summed E-state index contributed by atoms with van der Waals surface area (Å²) in [6, 6.07) is 24.4. The van der Waals surface area contributed by atoms with Crippen molar-refractivity contribution in [1.29, 1.82) is 0 Å². The number of aromatic nitrogens is 1. The van der Waals surface area contributed by atoms with E-state index in [4.69, 9.17) is 18.9 Å². The van der Waals surface area contributed by atoms with Crippen molar-refractivity contribution >= 4 is 44.4 Å². The second-order valence-electron chi connectivity index (χ2n) is 10.7. The highest BCUT2D eigenvalue weighted by Gasteiger charge is 2.41. The molecule has 0 aliphatic carbocycles. The van der Waals surface area contributed by atoms with Crippen LogP contribution in [0.2, 0.25) is 0 Å². The van der Waals surface area contributed by atoms with Gasteiger partial charge in [0.05, 0.1) is 19.1 Å². The summed E-state index contributed by atoms with van der Waals surface area (Å²) in [5, 5.41) is 12.1. The first kappa shape index (κ1) is 32.1. The molecule has 4 aromatic carbocycles. The van der Waals surface area contributed by atoms with E-state index in [9.17, 15) is 28.1 Å². The Balaban J connectivity index is 1.52. The Labute approximate surface area is 275 Å². The van der Waals surface area contributed by atoms with Crippen LogP contribution in [0.25, 0.3) is 10.9 Å². The number of benzene rings is 4. The molecule has 1 aliphatic rings. The van der Waals surface area contributed by atoms with E-state index >= 15 is 0 Å². The summed E-state index contributed by atoms with van der Waals surface area (Å²) >= 11 is 0. The number of methoxy groups -OCH3 is 2. The van der Waals surface area contributed by atoms with Crippen LogP contribution in [0.15, 0.2) is 95.9 Å². The molecule has 1 aliphatic heterocycles. The van der Waals surface area contributed by atoms with Gasteiger partial charge in [-0.25, -0.2) is 22.6 Å². The smallest absolute Gasteiger partial charge is 0.419 e. The first-order valence-corrected chi connectivity index (χ1v) is 16.1. The molecular weight excluding hydrogens is 642 g/mol. The Morgan fingerprint density at radius 3 is 2.02 bits per heavy atom. The number of nitro benzene ring substituents is 1. The van der Waals surface area contributed by atoms with E-state index in [0.29, 0.717) is 16.5 Å². The number of hydrogen-bond donors (Lipinski definition) is 0. The number of nitro groups is 1. The quantitative estimate of drug-likeness (QED) is 0.100. The molecule has 0 spiro atoms. The lowest BCUT2D eigenvalue weighted by Gasteiger charge is -2.23. The van der Waals surface area contributed by atoms with Crippen molar-refractivity contribution in [2.75, 3.05) is 25.1 Å². The summed E-state index contributed by atoms with van der Waals surface area (Å²) in [7, 11) is -1.90. The average Bonchev–Trinajstić information content (AvgIpc) is 3.73. The van der Waals surface area contributed by atoms with Crippen molar-refractivity contribution in [3.63, 3.8) is 0 Å². The van der Waals surface area contributed by atoms with Crippen LogP contribution >= 0.6 is 0 Å². The van der Waals surface area contributed by atoms with Gasteiger partial charge in [0.1, 0.15) is 30.1 Å². The minimum atomic E-state index is -4.50. The molecule has 5 aromatic rings. The standard InChI is InChI=1S/C34H29N3O10S/c1-44-31-29-24(17-18-35(29)48(42,43)28-16-10-9-15-26(28)37(40)41)25-19-27(33(38)46-20-22-11-5-3-6-12-22)36(30(25)32(31)45-2)34(39)47-21-23-13-7-4-8-14-23/h3-16,19H,17-18,20-21H2,1-2H3. The van der Waals surface area contributed by atoms with Gasteiger partial charge in [-0.2, -0.15) is 0 Å². The summed E-state index contributed by atoms with van der Waals surface area (Å²) < 4.78 is 52.8. The third kappa shape index (κ3) is 5.66. The van der Waals surface area contributed by atoms with Gasteiger partial charge in [0, 0.05) is 18.0 Å². The zero-order valence-electron chi connectivity index (χ0n) is 25.8. The number of fused-ring (bicyclic) bond motifs is 3. The molecule has 0 unspecified atom stereocenters. The minimum absolute atomic E-state index is 0.0564. The molecule has 0 saturated carbocycles. The van der Waals surface area contributed by atoms with E-state index in [0.717, 1.165) is 26.6 Å². The van der Waals surface area contributed by atoms with Crippen molar-refractivity contribution < 1.29 is 41.9 Å². The van der Waals surface area contributed by atoms with Crippen molar-refractivity contribution in [3.8, 4) is 11.5 Å². The van der Waals surface area contributed by atoms with Crippen LogP contribution in [-0.4, -0.2) is 50.7 Å². The monoisotopic (exact) mass is 671 g/mol. The maximum atomic E-state index is 14.0. The van der Waals surface area contributed by atoms with Gasteiger partial charge >= 0.3 is 12.1 Å². The zero-order valence-corrected chi connectivity index (χ0v) is 26.6. The van der Waals surface area contributed by atoms with Crippen LogP contribution in [-0.2, 0) is 39.1 Å². The number of sulfonamides is 1. The zero-order chi connectivity index (χ0) is 34.0. The highest BCUT2D eigenvalue weighted by atomic mass is 32.2. The molecular formula is C34H29N3O10S. The van der Waals surface area contributed by atoms with Crippen LogP contribution in [0.1, 0.15) is 27.2 Å². The Kier molecular flexibility index (Phi) is 8.74. The third-order valence-electron chi connectivity index (χ3n) is 7.91. The van der Waals surface area contributed by atoms with E-state index in [2.05, 4.69) is 0 Å². The fraction of sp³-hybridized carbons (Fsp3) is 0.176. The molecule has 0 bridgehead atoms. The van der Waals surface area contributed by atoms with Crippen molar-refractivity contribution in [2.24, 2.45) is 0 Å². The molecule has 0 radical (unpaired) electrons. The van der Waals surface area contributed by atoms with Crippen LogP contribution in [0.3, 0.4) is 0 Å². The molecule has 48 heavy (non-hydrogen) atoms. The molecule has 246 valence electrons. The molecule has 0 amide bonds. The highest BCUT2D eigenvalue weighted by molar-refractivity contribution is 7.93. The second-order valence-corrected chi connectivity index (χ2v) is 12.5. The van der Waals surface area contributed by atoms with Crippen LogP contribution in [0.5, 0.6) is 11.5 Å². The highest BCUT2D eigenvalue weighted by Crippen LogP contribution is 2.52. The lowest BCUT2D eigenvalue weighted by atomic mass is 10.1. The fourth-order valence-electron chi connectivity index (χ4n) is 5.77. The van der Waals surface area contributed by atoms with E-state index in [-0.39, 0.29) is 54.6 Å². The number of anilines is 1. The number of hydrogen-bond acceptors (Lipinski definition) is 10. The van der Waals surface area contributed by atoms with Gasteiger partial charge < -0.3 is 18.9 Å². The normalized spacial score (nSPS) is 12.4. The Hall–Kier alpha value is -5.89. The topological polar surface area (TPSA) is 157 Å². The number of para-hydroxylation sites is 1. The lowest BCUT2D eigenvalue weighted by Crippen LogP contribution is -2.30. The van der Waals surface area contributed by atoms with Gasteiger partial charge in [-0.3, -0.25) is 14.4 Å². The average molecular weight is 672 g/mol. The largest absolute Gasteiger partial charge is 0.491 e. The molecule has 14 heteroatoms. The molecule has 0 atom stereocenters. The predicted octanol–water partition coefficient (Wildman–Crippen LogP) is 5.86. The number of ether oxygens (including phenoxy) is 4. The van der Waals surface area contributed by atoms with Gasteiger partial charge in [0.25, 0.3) is 15.7 Å². The summed E-state index contributed by atoms with van der Waals surface area (Å²) in [6.45, 7) is -0.301. The molecule has 0 saturated heterocycles. The predicted molar refractivity (Wildman–Crippen MR) is 174 cm³/mol. The first-order valence-electron chi connectivity index (χ1n) is 14.7. The van der Waals surface area contributed by atoms with Crippen molar-refractivity contribution in [2.45, 2.75) is 24.5 Å². The number of carbonyl (C=O) groups excluding carboxylic acids is 2. The Morgan fingerprint density at radius 2 is 1.42 bits per heavy atom. The van der Waals surface area contributed by atoms with Crippen LogP contribution < -0.4 is 13.8 Å². The maximum Gasteiger partial charge on any atom is 0.419 e. The maximum absolute atomic E-state index is 14.0. The molecule has 2 heterocycles. The number of nitrogens with zero attached hydrogens (tertiary/aromatic N) is 3. The fourth-order valence-corrected chi connectivity index (χ4v) is 7.43. The molecule has 0 fully saturated rings. The summed E-state index contributed by atoms with van der Waals surface area (Å²) in [6.07, 6.45) is -0.795. The van der Waals surface area contributed by atoms with Crippen molar-refractivity contribution in [1.82, 2.24) is 4.57 Å². The van der Waals surface area contributed by atoms with Crippen LogP contribution in [0.4, 0.5) is 16.2 Å². The van der Waals surface area contributed by atoms with Gasteiger partial charge in [0.2, 0.25) is 0 Å². The van der Waals surface area contributed by atoms with Crippen molar-refractivity contribution in [3.05, 3.63) is 123 Å². The van der Waals surface area contributed by atoms with E-state index in [1.807, 2.05) is 12.1 Å². The van der Waals surface area contributed by atoms with Gasteiger partial charge in [-0.05, 0) is 35.2 Å². The van der Waals surface area contributed by atoms with E-state index in [1.165, 1.54) is 32.4 Å². The van der Waals surface area contributed by atoms with Crippen LogP contribution in [0, 0.1) is 10.1 Å². The summed E-state index contributed by atoms with van der Waals surface area (Å²) in [4.78, 5) is 38.0. The molecule has 6 rings (SSSR count). The summed E-state index contributed by atoms with van der Waals surface area (Å²) in [5.41, 5.74) is 1.23. The minimum Gasteiger partial charge on any atom is -0.491 e. The summed E-state index contributed by atoms with van der Waals surface area (Å²) in [5.74, 6) is -0.961. The number of carbonyl (C=O) groups is 2. The third-order valence-corrected chi connectivity index (χ3v) is 9.76. The van der Waals surface area contributed by atoms with Gasteiger partial charge in [0.15, 0.2) is 16.4 Å². The molecule has 1 aromatic heterocycles. The Morgan fingerprint density at radius 1 is 0.833 bits per heavy atom. The first-order chi connectivity index (χ1) is 23.2. The molecule has 13 nitrogen and oxygen atoms in total. The number of esters is 1. The van der Waals surface area contributed by atoms with Gasteiger partial charge in [-0.15, -0.1) is 0 Å². The van der Waals surface area contributed by atoms with E-state index < -0.39 is 37.6 Å². The Bertz CT molecular complexity index is 2150. The van der Waals surface area contributed by atoms with Gasteiger partial charge in [-0.1, -0.05) is 72.8 Å². The molecule has 0 N–H and O–H groups in total.